The molecule has 0 radical (unpaired) electrons. The van der Waals surface area contributed by atoms with Gasteiger partial charge in [0.15, 0.2) is 0 Å². The van der Waals surface area contributed by atoms with Crippen molar-refractivity contribution >= 4 is 220 Å². The van der Waals surface area contributed by atoms with Crippen molar-refractivity contribution in [3.05, 3.63) is 0 Å². The third-order valence-corrected chi connectivity index (χ3v) is 0. The molecule has 0 unspecified atom stereocenters. The fourth-order valence-electron chi connectivity index (χ4n) is 0. The smallest absolute Gasteiger partial charge is 2.00 e. The minimum atomic E-state index is 0. The SMILES string of the molecule is [Ba+2].[Ba+2].[Ba+2].[Cl-].[Ga+3].[S-2].[S-2].[S-2].[S-2]. The summed E-state index contributed by atoms with van der Waals surface area (Å²) in [7, 11) is 0. The predicted octanol–water partition coefficient (Wildman–Crippen LogP) is -4.53. The Morgan fingerprint density at radius 3 is 0.444 bits per heavy atom. The largest absolute Gasteiger partial charge is 3.00 e. The van der Waals surface area contributed by atoms with Gasteiger partial charge < -0.3 is 66.4 Å². The molecule has 0 nitrogen and oxygen atoms in total. The van der Waals surface area contributed by atoms with Crippen molar-refractivity contribution in [2.24, 2.45) is 0 Å². The molecule has 0 saturated carbocycles. The first-order valence-corrected chi connectivity index (χ1v) is 0. The summed E-state index contributed by atoms with van der Waals surface area (Å²) in [6.07, 6.45) is 0. The Kier molecular flexibility index (Phi) is 487. The number of rotatable bonds is 0. The first kappa shape index (κ1) is 73.2. The van der Waals surface area contributed by atoms with Crippen LogP contribution in [0, 0.1) is 0 Å². The van der Waals surface area contributed by atoms with Gasteiger partial charge in [-0.05, 0) is 0 Å². The van der Waals surface area contributed by atoms with Crippen LogP contribution in [0.2, 0.25) is 0 Å². The summed E-state index contributed by atoms with van der Waals surface area (Å²) in [6, 6.07) is 0. The molecule has 0 aromatic rings. The van der Waals surface area contributed by atoms with Crippen molar-refractivity contribution in [3.63, 3.8) is 0 Å². The molecule has 0 aliphatic heterocycles. The van der Waals surface area contributed by atoms with E-state index < -0.39 is 0 Å². The van der Waals surface area contributed by atoms with Gasteiger partial charge in [0.05, 0.1) is 0 Å². The average Bonchev–Trinajstić information content (AvgIpc) is 0. The zero-order chi connectivity index (χ0) is 0. The van der Waals surface area contributed by atoms with E-state index in [4.69, 9.17) is 0 Å². The molecule has 0 aliphatic carbocycles. The number of hydrogen-bond donors (Lipinski definition) is 0. The Bertz CT molecular complexity index is 15.8. The number of halogens is 1. The fourth-order valence-corrected chi connectivity index (χ4v) is 0. The maximum absolute atomic E-state index is 0. The van der Waals surface area contributed by atoms with Crippen LogP contribution in [0.5, 0.6) is 0 Å². The quantitative estimate of drug-likeness (QED) is 0.233. The molecule has 9 heavy (non-hydrogen) atoms. The van der Waals surface area contributed by atoms with Crippen LogP contribution < -0.4 is 12.4 Å². The first-order valence-electron chi connectivity index (χ1n) is 0. The Balaban J connectivity index is 0. The van der Waals surface area contributed by atoms with Gasteiger partial charge >= 0.3 is 166 Å². The van der Waals surface area contributed by atoms with Crippen LogP contribution in [-0.4, -0.2) is 166 Å². The van der Waals surface area contributed by atoms with Crippen LogP contribution in [-0.2, 0) is 54.0 Å². The molecule has 0 aromatic heterocycles. The molecule has 0 saturated heterocycles. The second-order valence-corrected chi connectivity index (χ2v) is 0. The molecule has 0 amide bonds. The van der Waals surface area contributed by atoms with Gasteiger partial charge in [-0.2, -0.15) is 0 Å². The molecule has 0 bridgehead atoms. The zero-order valence-electron chi connectivity index (χ0n) is 4.71. The molecule has 0 fully saturated rings. The molecule has 0 heterocycles. The van der Waals surface area contributed by atoms with Crippen LogP contribution >= 0.6 is 0 Å². The minimum Gasteiger partial charge on any atom is -2.00 e. The molecule has 0 atom stereocenters. The maximum Gasteiger partial charge on any atom is 3.00 e. The first-order chi connectivity index (χ1) is 0. The minimum absolute atomic E-state index is 0. The van der Waals surface area contributed by atoms with Crippen LogP contribution in [0.25, 0.3) is 0 Å². The maximum atomic E-state index is 0. The van der Waals surface area contributed by atoms with Crippen molar-refractivity contribution in [1.82, 2.24) is 0 Å². The van der Waals surface area contributed by atoms with Crippen LogP contribution in [0.3, 0.4) is 0 Å². The van der Waals surface area contributed by atoms with Gasteiger partial charge in [0.1, 0.15) is 0 Å². The van der Waals surface area contributed by atoms with Crippen molar-refractivity contribution in [2.45, 2.75) is 0 Å². The summed E-state index contributed by atoms with van der Waals surface area (Å²) < 4.78 is 0. The molecular weight excluding hydrogens is 645 g/mol. The zero-order valence-corrected chi connectivity index (χ0v) is 24.5. The van der Waals surface area contributed by atoms with E-state index in [1.165, 1.54) is 0 Å². The van der Waals surface area contributed by atoms with E-state index in [1.807, 2.05) is 0 Å². The van der Waals surface area contributed by atoms with Crippen LogP contribution in [0.1, 0.15) is 0 Å². The van der Waals surface area contributed by atoms with Gasteiger partial charge in [-0.15, -0.1) is 0 Å². The summed E-state index contributed by atoms with van der Waals surface area (Å²) in [6.45, 7) is 0. The van der Waals surface area contributed by atoms with Gasteiger partial charge in [-0.3, -0.25) is 0 Å². The van der Waals surface area contributed by atoms with E-state index in [9.17, 15) is 0 Å². The van der Waals surface area contributed by atoms with Gasteiger partial charge in [0.25, 0.3) is 0 Å². The van der Waals surface area contributed by atoms with E-state index in [-0.39, 0.29) is 233 Å². The van der Waals surface area contributed by atoms with E-state index in [2.05, 4.69) is 0 Å². The second kappa shape index (κ2) is 59.8. The van der Waals surface area contributed by atoms with E-state index in [1.54, 1.807) is 0 Å². The van der Waals surface area contributed by atoms with E-state index in [0.29, 0.717) is 0 Å². The third kappa shape index (κ3) is 51.6. The van der Waals surface area contributed by atoms with Crippen LogP contribution in [0.4, 0.5) is 0 Å². The Labute approximate surface area is 225 Å². The molecule has 0 aliphatic rings. The van der Waals surface area contributed by atoms with Crippen molar-refractivity contribution in [2.75, 3.05) is 0 Å². The van der Waals surface area contributed by atoms with Crippen molar-refractivity contribution in [3.8, 4) is 0 Å². The molecular formula is Ba3ClGaS4. The van der Waals surface area contributed by atoms with Crippen molar-refractivity contribution in [1.29, 1.82) is 0 Å². The summed E-state index contributed by atoms with van der Waals surface area (Å²) >= 11 is 0. The topological polar surface area (TPSA) is 0 Å². The molecule has 0 aromatic carbocycles. The van der Waals surface area contributed by atoms with E-state index in [0.717, 1.165) is 0 Å². The Morgan fingerprint density at radius 2 is 0.444 bits per heavy atom. The fraction of sp³-hybridized carbons (Fsp3) is 0. The Morgan fingerprint density at radius 1 is 0.444 bits per heavy atom. The summed E-state index contributed by atoms with van der Waals surface area (Å²) in [5, 5.41) is 0. The van der Waals surface area contributed by atoms with Gasteiger partial charge in [-0.25, -0.2) is 0 Å². The van der Waals surface area contributed by atoms with Crippen molar-refractivity contribution < 1.29 is 12.4 Å². The predicted molar refractivity (Wildman–Crippen MR) is 52.5 cm³/mol. The van der Waals surface area contributed by atoms with Gasteiger partial charge in [0, 0.05) is 0 Å². The second-order valence-electron chi connectivity index (χ2n) is 0. The molecule has 0 rings (SSSR count). The molecule has 40 valence electrons. The third-order valence-electron chi connectivity index (χ3n) is 0. The van der Waals surface area contributed by atoms with Gasteiger partial charge in [0.2, 0.25) is 0 Å². The average molecular weight is 645 g/mol. The summed E-state index contributed by atoms with van der Waals surface area (Å²) in [5.41, 5.74) is 0. The van der Waals surface area contributed by atoms with E-state index >= 15 is 0 Å². The Hall–Kier alpha value is 7.04. The normalized spacial score (nSPS) is 0. The molecule has 9 heteroatoms. The monoisotopic (exact) mass is 645 g/mol. The van der Waals surface area contributed by atoms with Gasteiger partial charge in [-0.1, -0.05) is 0 Å². The summed E-state index contributed by atoms with van der Waals surface area (Å²) in [4.78, 5) is 0. The summed E-state index contributed by atoms with van der Waals surface area (Å²) in [5.74, 6) is 0. The standard InChI is InChI=1S/3Ba.ClH.Ga.4S/h;;;1H;;;;;/q3*+2;;+3;4*-2/p-1. The molecule has 0 N–H and O–H groups in total. The van der Waals surface area contributed by atoms with Crippen LogP contribution in [0.15, 0.2) is 0 Å². The molecule has 0 spiro atoms. The number of hydrogen-bond acceptors (Lipinski definition) is 0.